The molecule has 1 saturated carbocycles. The van der Waals surface area contributed by atoms with Crippen molar-refractivity contribution in [3.05, 3.63) is 28.7 Å². The van der Waals surface area contributed by atoms with Crippen molar-refractivity contribution in [1.29, 1.82) is 0 Å². The molecule has 1 aliphatic carbocycles. The molecule has 3 N–H and O–H groups in total. The summed E-state index contributed by atoms with van der Waals surface area (Å²) in [7, 11) is 1.59. The van der Waals surface area contributed by atoms with E-state index in [1.807, 2.05) is 0 Å². The molecule has 0 aliphatic heterocycles. The Bertz CT molecular complexity index is 533. The van der Waals surface area contributed by atoms with Crippen LogP contribution in [0.25, 0.3) is 0 Å². The Morgan fingerprint density at radius 3 is 2.76 bits per heavy atom. The van der Waals surface area contributed by atoms with E-state index in [-0.39, 0.29) is 23.4 Å². The number of ether oxygens (including phenoxy) is 1. The van der Waals surface area contributed by atoms with E-state index in [4.69, 9.17) is 10.5 Å². The predicted molar refractivity (Wildman–Crippen MR) is 81.1 cm³/mol. The van der Waals surface area contributed by atoms with E-state index < -0.39 is 0 Å². The number of hydrogen-bond donors (Lipinski definition) is 2. The summed E-state index contributed by atoms with van der Waals surface area (Å²) in [5.74, 6) is 0.0305. The molecule has 6 heteroatoms. The van der Waals surface area contributed by atoms with Crippen LogP contribution in [0.4, 0.5) is 5.69 Å². The normalized spacial score (nSPS) is 22.0. The van der Waals surface area contributed by atoms with Gasteiger partial charge >= 0.3 is 0 Å². The first-order chi connectivity index (χ1) is 10.1. The quantitative estimate of drug-likeness (QED) is 0.846. The van der Waals surface area contributed by atoms with Gasteiger partial charge in [0.2, 0.25) is 5.91 Å². The molecule has 1 aliphatic rings. The monoisotopic (exact) mass is 293 g/mol. The second-order valence-corrected chi connectivity index (χ2v) is 5.54. The van der Waals surface area contributed by atoms with E-state index in [1.165, 1.54) is 10.6 Å². The maximum Gasteiger partial charge on any atom is 0.250 e. The lowest BCUT2D eigenvalue weighted by Gasteiger charge is -2.25. The van der Waals surface area contributed by atoms with Crippen molar-refractivity contribution in [1.82, 2.24) is 4.57 Å². The zero-order valence-corrected chi connectivity index (χ0v) is 12.4. The van der Waals surface area contributed by atoms with Crippen LogP contribution in [-0.4, -0.2) is 30.2 Å². The van der Waals surface area contributed by atoms with Gasteiger partial charge in [-0.2, -0.15) is 0 Å². The van der Waals surface area contributed by atoms with Gasteiger partial charge in [0.25, 0.3) is 5.56 Å². The van der Waals surface area contributed by atoms with Gasteiger partial charge in [0.1, 0.15) is 0 Å². The van der Waals surface area contributed by atoms with Crippen LogP contribution in [0.1, 0.15) is 25.7 Å². The van der Waals surface area contributed by atoms with Gasteiger partial charge in [0, 0.05) is 37.9 Å². The summed E-state index contributed by atoms with van der Waals surface area (Å²) in [5.41, 5.74) is 6.39. The molecule has 0 radical (unpaired) electrons. The minimum Gasteiger partial charge on any atom is -0.383 e. The fraction of sp³-hybridized carbons (Fsp3) is 0.600. The third kappa shape index (κ3) is 4.41. The number of methoxy groups -OCH3 is 1. The number of carbonyl (C=O) groups is 1. The smallest absolute Gasteiger partial charge is 0.250 e. The van der Waals surface area contributed by atoms with Crippen LogP contribution in [0.3, 0.4) is 0 Å². The SMILES string of the molecule is COCCn1cc(NC(=O)C2CCC(N)CC2)ccc1=O. The first-order valence-corrected chi connectivity index (χ1v) is 7.36. The van der Waals surface area contributed by atoms with Gasteiger partial charge in [-0.3, -0.25) is 9.59 Å². The maximum atomic E-state index is 12.2. The third-order valence-corrected chi connectivity index (χ3v) is 3.93. The number of nitrogens with zero attached hydrogens (tertiary/aromatic N) is 1. The second-order valence-electron chi connectivity index (χ2n) is 5.54. The zero-order chi connectivity index (χ0) is 15.2. The predicted octanol–water partition coefficient (Wildman–Crippen LogP) is 0.951. The first kappa shape index (κ1) is 15.7. The van der Waals surface area contributed by atoms with Crippen LogP contribution >= 0.6 is 0 Å². The van der Waals surface area contributed by atoms with Gasteiger partial charge in [-0.1, -0.05) is 0 Å². The summed E-state index contributed by atoms with van der Waals surface area (Å²) in [6.45, 7) is 0.926. The summed E-state index contributed by atoms with van der Waals surface area (Å²) in [6, 6.07) is 3.32. The van der Waals surface area contributed by atoms with Crippen LogP contribution in [0.5, 0.6) is 0 Å². The van der Waals surface area contributed by atoms with Gasteiger partial charge in [0.15, 0.2) is 0 Å². The number of pyridine rings is 1. The fourth-order valence-electron chi connectivity index (χ4n) is 2.60. The highest BCUT2D eigenvalue weighted by atomic mass is 16.5. The number of anilines is 1. The van der Waals surface area contributed by atoms with Crippen molar-refractivity contribution in [3.8, 4) is 0 Å². The summed E-state index contributed by atoms with van der Waals surface area (Å²) < 4.78 is 6.51. The van der Waals surface area contributed by atoms with Crippen LogP contribution < -0.4 is 16.6 Å². The lowest BCUT2D eigenvalue weighted by Crippen LogP contribution is -2.32. The molecular formula is C15H23N3O3. The van der Waals surface area contributed by atoms with Crippen molar-refractivity contribution in [2.24, 2.45) is 11.7 Å². The standard InChI is InChI=1S/C15H23N3O3/c1-21-9-8-18-10-13(6-7-14(18)19)17-15(20)11-2-4-12(16)5-3-11/h6-7,10-12H,2-5,8-9,16H2,1H3,(H,17,20). The molecule has 1 amide bonds. The Kier molecular flexibility index (Phi) is 5.52. The van der Waals surface area contributed by atoms with Crippen molar-refractivity contribution < 1.29 is 9.53 Å². The summed E-state index contributed by atoms with van der Waals surface area (Å²) >= 11 is 0. The number of aromatic nitrogens is 1. The molecule has 1 fully saturated rings. The average molecular weight is 293 g/mol. The van der Waals surface area contributed by atoms with E-state index >= 15 is 0 Å². The molecule has 1 aromatic heterocycles. The van der Waals surface area contributed by atoms with Crippen LogP contribution in [0.15, 0.2) is 23.1 Å². The third-order valence-electron chi connectivity index (χ3n) is 3.93. The maximum absolute atomic E-state index is 12.2. The van der Waals surface area contributed by atoms with E-state index in [2.05, 4.69) is 5.32 Å². The van der Waals surface area contributed by atoms with Gasteiger partial charge in [-0.15, -0.1) is 0 Å². The highest BCUT2D eigenvalue weighted by molar-refractivity contribution is 5.92. The molecule has 6 nitrogen and oxygen atoms in total. The number of nitrogens with two attached hydrogens (primary N) is 1. The number of hydrogen-bond acceptors (Lipinski definition) is 4. The minimum absolute atomic E-state index is 0.0128. The summed E-state index contributed by atoms with van der Waals surface area (Å²) in [6.07, 6.45) is 5.11. The topological polar surface area (TPSA) is 86.3 Å². The van der Waals surface area contributed by atoms with E-state index in [0.29, 0.717) is 18.8 Å². The van der Waals surface area contributed by atoms with Gasteiger partial charge in [0.05, 0.1) is 12.3 Å². The van der Waals surface area contributed by atoms with Crippen LogP contribution in [0.2, 0.25) is 0 Å². The van der Waals surface area contributed by atoms with E-state index in [9.17, 15) is 9.59 Å². The number of amides is 1. The molecule has 2 rings (SSSR count). The molecule has 0 spiro atoms. The number of carbonyl (C=O) groups excluding carboxylic acids is 1. The first-order valence-electron chi connectivity index (χ1n) is 7.36. The Hall–Kier alpha value is -1.66. The Morgan fingerprint density at radius 1 is 1.38 bits per heavy atom. The van der Waals surface area contributed by atoms with Crippen molar-refractivity contribution in [3.63, 3.8) is 0 Å². The molecule has 21 heavy (non-hydrogen) atoms. The van der Waals surface area contributed by atoms with Crippen molar-refractivity contribution in [2.75, 3.05) is 19.0 Å². The van der Waals surface area contributed by atoms with Crippen molar-refractivity contribution in [2.45, 2.75) is 38.3 Å². The number of rotatable bonds is 5. The largest absolute Gasteiger partial charge is 0.383 e. The molecule has 0 unspecified atom stereocenters. The highest BCUT2D eigenvalue weighted by Crippen LogP contribution is 2.24. The van der Waals surface area contributed by atoms with Gasteiger partial charge in [-0.25, -0.2) is 0 Å². The lowest BCUT2D eigenvalue weighted by molar-refractivity contribution is -0.120. The molecule has 0 bridgehead atoms. The lowest BCUT2D eigenvalue weighted by atomic mass is 9.86. The minimum atomic E-state index is -0.103. The summed E-state index contributed by atoms with van der Waals surface area (Å²) in [4.78, 5) is 23.9. The Balaban J connectivity index is 1.98. The van der Waals surface area contributed by atoms with Gasteiger partial charge in [-0.05, 0) is 31.7 Å². The molecule has 0 atom stereocenters. The van der Waals surface area contributed by atoms with E-state index in [1.54, 1.807) is 19.4 Å². The molecule has 1 heterocycles. The van der Waals surface area contributed by atoms with Crippen LogP contribution in [0, 0.1) is 5.92 Å². The average Bonchev–Trinajstić information content (AvgIpc) is 2.48. The van der Waals surface area contributed by atoms with Crippen LogP contribution in [-0.2, 0) is 16.1 Å². The van der Waals surface area contributed by atoms with Crippen molar-refractivity contribution >= 4 is 11.6 Å². The van der Waals surface area contributed by atoms with Gasteiger partial charge < -0.3 is 20.4 Å². The Morgan fingerprint density at radius 2 is 2.10 bits per heavy atom. The number of nitrogens with one attached hydrogen (secondary N) is 1. The molecule has 1 aromatic rings. The zero-order valence-electron chi connectivity index (χ0n) is 12.4. The fourth-order valence-corrected chi connectivity index (χ4v) is 2.60. The summed E-state index contributed by atoms with van der Waals surface area (Å²) in [5, 5.41) is 2.89. The molecular weight excluding hydrogens is 270 g/mol. The Labute approximate surface area is 124 Å². The second kappa shape index (κ2) is 7.38. The highest BCUT2D eigenvalue weighted by Gasteiger charge is 2.24. The van der Waals surface area contributed by atoms with E-state index in [0.717, 1.165) is 25.7 Å². The molecule has 0 saturated heterocycles. The molecule has 0 aromatic carbocycles. The molecule has 116 valence electrons.